The molecule has 0 saturated heterocycles. The molecule has 1 heterocycles. The Kier molecular flexibility index (Phi) is 7.40. The van der Waals surface area contributed by atoms with Gasteiger partial charge in [-0.2, -0.15) is 0 Å². The molecule has 31 heavy (non-hydrogen) atoms. The number of esters is 1. The predicted octanol–water partition coefficient (Wildman–Crippen LogP) is 3.31. The monoisotopic (exact) mass is 447 g/mol. The SMILES string of the molecule is COC(=O)c1c(NC(=O)CN(C)CC(=O)Nc2cccc(F)c2)sc2c1CC[C@@H](C)C2. The zero-order valence-electron chi connectivity index (χ0n) is 17.8. The van der Waals surface area contributed by atoms with Crippen LogP contribution in [0, 0.1) is 11.7 Å². The standard InChI is InChI=1S/C22H26FN3O4S/c1-13-7-8-16-17(9-13)31-21(20(16)22(29)30-3)25-19(28)12-26(2)11-18(27)24-15-6-4-5-14(23)10-15/h4-6,10,13H,7-9,11-12H2,1-3H3,(H,24,27)(H,25,28)/t13-/m1/s1. The fourth-order valence-corrected chi connectivity index (χ4v) is 5.05. The van der Waals surface area contributed by atoms with Gasteiger partial charge in [-0.3, -0.25) is 14.5 Å². The average Bonchev–Trinajstić information content (AvgIpc) is 3.03. The van der Waals surface area contributed by atoms with Gasteiger partial charge >= 0.3 is 5.97 Å². The van der Waals surface area contributed by atoms with E-state index in [0.717, 1.165) is 29.7 Å². The number of halogens is 1. The number of methoxy groups -OCH3 is 1. The van der Waals surface area contributed by atoms with Crippen molar-refractivity contribution < 1.29 is 23.5 Å². The number of ether oxygens (including phenoxy) is 1. The number of benzene rings is 1. The van der Waals surface area contributed by atoms with Crippen LogP contribution in [0.4, 0.5) is 15.1 Å². The highest BCUT2D eigenvalue weighted by Gasteiger charge is 2.29. The van der Waals surface area contributed by atoms with Crippen molar-refractivity contribution in [3.05, 3.63) is 46.1 Å². The fraction of sp³-hybridized carbons (Fsp3) is 0.409. The number of likely N-dealkylation sites (N-methyl/N-ethyl adjacent to an activating group) is 1. The van der Waals surface area contributed by atoms with Crippen molar-refractivity contribution in [2.45, 2.75) is 26.2 Å². The van der Waals surface area contributed by atoms with E-state index in [9.17, 15) is 18.8 Å². The second-order valence-electron chi connectivity index (χ2n) is 7.83. The molecule has 1 aliphatic carbocycles. The van der Waals surface area contributed by atoms with Crippen molar-refractivity contribution in [3.63, 3.8) is 0 Å². The molecule has 0 aliphatic heterocycles. The Morgan fingerprint density at radius 2 is 1.94 bits per heavy atom. The summed E-state index contributed by atoms with van der Waals surface area (Å²) >= 11 is 1.42. The smallest absolute Gasteiger partial charge is 0.341 e. The number of carbonyl (C=O) groups is 3. The lowest BCUT2D eigenvalue weighted by molar-refractivity contribution is -0.119. The van der Waals surface area contributed by atoms with Crippen LogP contribution in [0.5, 0.6) is 0 Å². The van der Waals surface area contributed by atoms with Crippen LogP contribution < -0.4 is 10.6 Å². The van der Waals surface area contributed by atoms with E-state index in [1.54, 1.807) is 13.1 Å². The number of carbonyl (C=O) groups excluding carboxylic acids is 3. The summed E-state index contributed by atoms with van der Waals surface area (Å²) in [5.74, 6) is -1.07. The molecule has 0 fully saturated rings. The van der Waals surface area contributed by atoms with Gasteiger partial charge in [-0.05, 0) is 56.0 Å². The minimum Gasteiger partial charge on any atom is -0.465 e. The third-order valence-corrected chi connectivity index (χ3v) is 6.26. The molecular weight excluding hydrogens is 421 g/mol. The second kappa shape index (κ2) is 10.0. The molecule has 3 rings (SSSR count). The molecule has 1 aliphatic rings. The van der Waals surface area contributed by atoms with E-state index in [1.165, 1.54) is 41.5 Å². The molecule has 0 unspecified atom stereocenters. The lowest BCUT2D eigenvalue weighted by Gasteiger charge is -2.18. The number of nitrogens with one attached hydrogen (secondary N) is 2. The van der Waals surface area contributed by atoms with Crippen molar-refractivity contribution in [1.29, 1.82) is 0 Å². The van der Waals surface area contributed by atoms with Gasteiger partial charge in [0.15, 0.2) is 0 Å². The van der Waals surface area contributed by atoms with Gasteiger partial charge in [-0.15, -0.1) is 11.3 Å². The maximum Gasteiger partial charge on any atom is 0.341 e. The van der Waals surface area contributed by atoms with Crippen LogP contribution in [0.3, 0.4) is 0 Å². The first-order valence-electron chi connectivity index (χ1n) is 10.0. The van der Waals surface area contributed by atoms with E-state index < -0.39 is 11.8 Å². The van der Waals surface area contributed by atoms with Gasteiger partial charge in [0.05, 0.1) is 25.8 Å². The Morgan fingerprint density at radius 1 is 1.23 bits per heavy atom. The maximum absolute atomic E-state index is 13.2. The molecule has 0 bridgehead atoms. The fourth-order valence-electron chi connectivity index (χ4n) is 3.64. The van der Waals surface area contributed by atoms with Gasteiger partial charge in [-0.25, -0.2) is 9.18 Å². The van der Waals surface area contributed by atoms with Crippen LogP contribution in [-0.2, 0) is 27.2 Å². The summed E-state index contributed by atoms with van der Waals surface area (Å²) in [6, 6.07) is 5.60. The number of hydrogen-bond donors (Lipinski definition) is 2. The first-order chi connectivity index (χ1) is 14.8. The molecule has 166 valence electrons. The van der Waals surface area contributed by atoms with Gasteiger partial charge in [0.1, 0.15) is 10.8 Å². The van der Waals surface area contributed by atoms with E-state index in [4.69, 9.17) is 4.74 Å². The number of anilines is 2. The quantitative estimate of drug-likeness (QED) is 0.636. The van der Waals surface area contributed by atoms with Crippen molar-refractivity contribution >= 4 is 39.8 Å². The number of thiophene rings is 1. The van der Waals surface area contributed by atoms with E-state index in [0.29, 0.717) is 22.2 Å². The summed E-state index contributed by atoms with van der Waals surface area (Å²) in [4.78, 5) is 39.7. The van der Waals surface area contributed by atoms with Crippen LogP contribution in [0.2, 0.25) is 0 Å². The first kappa shape index (κ1) is 22.9. The highest BCUT2D eigenvalue weighted by molar-refractivity contribution is 7.17. The zero-order chi connectivity index (χ0) is 22.5. The van der Waals surface area contributed by atoms with E-state index in [-0.39, 0.29) is 24.9 Å². The highest BCUT2D eigenvalue weighted by Crippen LogP contribution is 2.40. The second-order valence-corrected chi connectivity index (χ2v) is 8.93. The molecule has 2 N–H and O–H groups in total. The summed E-state index contributed by atoms with van der Waals surface area (Å²) in [7, 11) is 2.96. The highest BCUT2D eigenvalue weighted by atomic mass is 32.1. The normalized spacial score (nSPS) is 15.3. The molecule has 2 amide bonds. The molecule has 7 nitrogen and oxygen atoms in total. The lowest BCUT2D eigenvalue weighted by atomic mass is 9.88. The number of nitrogens with zero attached hydrogens (tertiary/aromatic N) is 1. The minimum absolute atomic E-state index is 0.0455. The maximum atomic E-state index is 13.2. The molecule has 0 spiro atoms. The number of hydrogen-bond acceptors (Lipinski definition) is 6. The Bertz CT molecular complexity index is 991. The van der Waals surface area contributed by atoms with Crippen LogP contribution in [0.15, 0.2) is 24.3 Å². The van der Waals surface area contributed by atoms with Gasteiger partial charge < -0.3 is 15.4 Å². The summed E-state index contributed by atoms with van der Waals surface area (Å²) < 4.78 is 18.2. The third kappa shape index (κ3) is 5.89. The molecule has 1 atom stereocenters. The molecule has 1 aromatic heterocycles. The predicted molar refractivity (Wildman–Crippen MR) is 118 cm³/mol. The van der Waals surface area contributed by atoms with Gasteiger partial charge in [0, 0.05) is 10.6 Å². The number of rotatable bonds is 7. The van der Waals surface area contributed by atoms with Crippen LogP contribution in [0.1, 0.15) is 34.1 Å². The Labute approximate surface area is 184 Å². The Morgan fingerprint density at radius 3 is 2.61 bits per heavy atom. The van der Waals surface area contributed by atoms with Crippen molar-refractivity contribution in [3.8, 4) is 0 Å². The van der Waals surface area contributed by atoms with Gasteiger partial charge in [0.2, 0.25) is 11.8 Å². The van der Waals surface area contributed by atoms with Crippen molar-refractivity contribution in [2.24, 2.45) is 5.92 Å². The molecule has 2 aromatic rings. The first-order valence-corrected chi connectivity index (χ1v) is 10.8. The lowest BCUT2D eigenvalue weighted by Crippen LogP contribution is -2.36. The Hall–Kier alpha value is -2.78. The number of amides is 2. The van der Waals surface area contributed by atoms with Crippen LogP contribution in [0.25, 0.3) is 0 Å². The van der Waals surface area contributed by atoms with Crippen molar-refractivity contribution in [1.82, 2.24) is 4.90 Å². The van der Waals surface area contributed by atoms with Crippen LogP contribution in [-0.4, -0.2) is 49.9 Å². The largest absolute Gasteiger partial charge is 0.465 e. The van der Waals surface area contributed by atoms with Gasteiger partial charge in [-0.1, -0.05) is 13.0 Å². The molecule has 1 aromatic carbocycles. The summed E-state index contributed by atoms with van der Waals surface area (Å²) in [5.41, 5.74) is 1.76. The topological polar surface area (TPSA) is 87.7 Å². The van der Waals surface area contributed by atoms with E-state index in [1.807, 2.05) is 0 Å². The minimum atomic E-state index is -0.454. The summed E-state index contributed by atoms with van der Waals surface area (Å²) in [6.07, 6.45) is 2.65. The van der Waals surface area contributed by atoms with E-state index in [2.05, 4.69) is 17.6 Å². The summed E-state index contributed by atoms with van der Waals surface area (Å²) in [5, 5.41) is 5.90. The van der Waals surface area contributed by atoms with Crippen molar-refractivity contribution in [2.75, 3.05) is 37.9 Å². The Balaban J connectivity index is 1.61. The third-order valence-electron chi connectivity index (χ3n) is 5.09. The summed E-state index contributed by atoms with van der Waals surface area (Å²) in [6.45, 7) is 2.07. The molecule has 0 radical (unpaired) electrons. The number of fused-ring (bicyclic) bond motifs is 1. The zero-order valence-corrected chi connectivity index (χ0v) is 18.6. The van der Waals surface area contributed by atoms with E-state index >= 15 is 0 Å². The molecular formula is C22H26FN3O4S. The molecule has 0 saturated carbocycles. The van der Waals surface area contributed by atoms with Crippen LogP contribution >= 0.6 is 11.3 Å². The molecule has 9 heteroatoms. The average molecular weight is 448 g/mol. The van der Waals surface area contributed by atoms with Gasteiger partial charge in [0.25, 0.3) is 0 Å².